The molecule has 3 atom stereocenters. The fourth-order valence-corrected chi connectivity index (χ4v) is 4.07. The third-order valence-corrected chi connectivity index (χ3v) is 5.54. The highest BCUT2D eigenvalue weighted by Gasteiger charge is 2.33. The molecule has 2 amide bonds. The zero-order valence-corrected chi connectivity index (χ0v) is 16.6. The van der Waals surface area contributed by atoms with Gasteiger partial charge in [0.25, 0.3) is 5.91 Å². The van der Waals surface area contributed by atoms with Gasteiger partial charge < -0.3 is 15.0 Å². The number of benzene rings is 1. The Morgan fingerprint density at radius 3 is 2.26 bits per heavy atom. The summed E-state index contributed by atoms with van der Waals surface area (Å²) in [6.45, 7) is 9.00. The molecule has 6 nitrogen and oxygen atoms in total. The molecule has 3 unspecified atom stereocenters. The van der Waals surface area contributed by atoms with Gasteiger partial charge in [-0.25, -0.2) is 0 Å². The molecular weight excluding hydrogens is 342 g/mol. The van der Waals surface area contributed by atoms with Crippen LogP contribution >= 0.6 is 0 Å². The first kappa shape index (κ1) is 19.8. The van der Waals surface area contributed by atoms with E-state index in [0.717, 1.165) is 25.9 Å². The van der Waals surface area contributed by atoms with Crippen molar-refractivity contribution in [3.05, 3.63) is 35.9 Å². The van der Waals surface area contributed by atoms with Gasteiger partial charge in [-0.1, -0.05) is 18.2 Å². The zero-order chi connectivity index (χ0) is 19.4. The van der Waals surface area contributed by atoms with E-state index in [1.165, 1.54) is 0 Å². The summed E-state index contributed by atoms with van der Waals surface area (Å²) in [5.74, 6) is 0.165. The predicted molar refractivity (Wildman–Crippen MR) is 105 cm³/mol. The number of piperidine rings is 1. The highest BCUT2D eigenvalue weighted by Crippen LogP contribution is 2.18. The van der Waals surface area contributed by atoms with Crippen molar-refractivity contribution in [2.45, 2.75) is 57.9 Å². The van der Waals surface area contributed by atoms with E-state index in [9.17, 15) is 9.59 Å². The molecule has 0 aromatic heterocycles. The van der Waals surface area contributed by atoms with Gasteiger partial charge in [0.15, 0.2) is 0 Å². The van der Waals surface area contributed by atoms with Crippen LogP contribution in [0.5, 0.6) is 0 Å². The van der Waals surface area contributed by atoms with Crippen molar-refractivity contribution in [3.8, 4) is 0 Å². The van der Waals surface area contributed by atoms with Gasteiger partial charge >= 0.3 is 0 Å². The fraction of sp³-hybridized carbons (Fsp3) is 0.619. The first-order valence-corrected chi connectivity index (χ1v) is 9.98. The second-order valence-corrected chi connectivity index (χ2v) is 7.83. The van der Waals surface area contributed by atoms with E-state index < -0.39 is 0 Å². The van der Waals surface area contributed by atoms with E-state index in [-0.39, 0.29) is 36.1 Å². The maximum Gasteiger partial charge on any atom is 0.251 e. The molecule has 0 saturated carbocycles. The van der Waals surface area contributed by atoms with Crippen molar-refractivity contribution in [2.75, 3.05) is 26.2 Å². The van der Waals surface area contributed by atoms with Crippen LogP contribution in [-0.2, 0) is 9.53 Å². The largest absolute Gasteiger partial charge is 0.372 e. The fourth-order valence-electron chi connectivity index (χ4n) is 4.07. The van der Waals surface area contributed by atoms with Crippen LogP contribution in [0.25, 0.3) is 0 Å². The van der Waals surface area contributed by atoms with Crippen molar-refractivity contribution in [2.24, 2.45) is 0 Å². The van der Waals surface area contributed by atoms with Crippen LogP contribution in [0.3, 0.4) is 0 Å². The minimum absolute atomic E-state index is 0.0190. The number of hydrogen-bond donors (Lipinski definition) is 1. The normalized spacial score (nSPS) is 25.8. The van der Waals surface area contributed by atoms with Crippen LogP contribution in [0.4, 0.5) is 0 Å². The second-order valence-electron chi connectivity index (χ2n) is 7.83. The topological polar surface area (TPSA) is 61.9 Å². The highest BCUT2D eigenvalue weighted by atomic mass is 16.5. The quantitative estimate of drug-likeness (QED) is 0.876. The first-order chi connectivity index (χ1) is 12.9. The van der Waals surface area contributed by atoms with Crippen molar-refractivity contribution in [3.63, 3.8) is 0 Å². The number of ether oxygens (including phenoxy) is 1. The maximum atomic E-state index is 12.9. The number of hydrogen-bond acceptors (Lipinski definition) is 4. The van der Waals surface area contributed by atoms with Crippen LogP contribution < -0.4 is 5.32 Å². The summed E-state index contributed by atoms with van der Waals surface area (Å²) < 4.78 is 5.73. The Kier molecular flexibility index (Phi) is 6.50. The molecule has 2 aliphatic rings. The lowest BCUT2D eigenvalue weighted by Crippen LogP contribution is -2.56. The van der Waals surface area contributed by atoms with Gasteiger partial charge in [0.2, 0.25) is 5.91 Å². The molecule has 1 aromatic carbocycles. The third-order valence-electron chi connectivity index (χ3n) is 5.54. The molecule has 27 heavy (non-hydrogen) atoms. The Balaban J connectivity index is 1.48. The van der Waals surface area contributed by atoms with E-state index in [1.54, 1.807) is 0 Å². The number of carbonyl (C=O) groups is 2. The second kappa shape index (κ2) is 8.85. The number of amides is 2. The molecule has 0 aliphatic carbocycles. The van der Waals surface area contributed by atoms with Crippen LogP contribution in [0.2, 0.25) is 0 Å². The van der Waals surface area contributed by atoms with Gasteiger partial charge in [-0.05, 0) is 45.7 Å². The number of nitrogens with zero attached hydrogens (tertiary/aromatic N) is 2. The third kappa shape index (κ3) is 5.08. The zero-order valence-electron chi connectivity index (χ0n) is 16.6. The molecule has 148 valence electrons. The Hall–Kier alpha value is -1.92. The van der Waals surface area contributed by atoms with Crippen LogP contribution in [0.1, 0.15) is 44.0 Å². The van der Waals surface area contributed by atoms with Gasteiger partial charge in [-0.3, -0.25) is 14.5 Å². The van der Waals surface area contributed by atoms with E-state index in [4.69, 9.17) is 4.74 Å². The number of carbonyl (C=O) groups excluding carboxylic acids is 2. The van der Waals surface area contributed by atoms with Gasteiger partial charge in [0.1, 0.15) is 0 Å². The Morgan fingerprint density at radius 1 is 1.07 bits per heavy atom. The predicted octanol–water partition coefficient (Wildman–Crippen LogP) is 1.91. The lowest BCUT2D eigenvalue weighted by Gasteiger charge is -2.40. The maximum absolute atomic E-state index is 12.9. The lowest BCUT2D eigenvalue weighted by molar-refractivity contribution is -0.148. The summed E-state index contributed by atoms with van der Waals surface area (Å²) in [6.07, 6.45) is 1.91. The first-order valence-electron chi connectivity index (χ1n) is 9.98. The molecular formula is C21H31N3O3. The van der Waals surface area contributed by atoms with E-state index in [0.29, 0.717) is 18.7 Å². The molecule has 0 spiro atoms. The van der Waals surface area contributed by atoms with Crippen molar-refractivity contribution in [1.82, 2.24) is 15.1 Å². The van der Waals surface area contributed by atoms with E-state index >= 15 is 0 Å². The summed E-state index contributed by atoms with van der Waals surface area (Å²) in [6, 6.07) is 9.35. The van der Waals surface area contributed by atoms with Crippen LogP contribution in [-0.4, -0.2) is 72.1 Å². The number of rotatable bonds is 4. The van der Waals surface area contributed by atoms with Gasteiger partial charge in [0, 0.05) is 37.8 Å². The molecule has 3 rings (SSSR count). The molecule has 0 radical (unpaired) electrons. The minimum Gasteiger partial charge on any atom is -0.372 e. The summed E-state index contributed by atoms with van der Waals surface area (Å²) in [5.41, 5.74) is 0.694. The average Bonchev–Trinajstić information content (AvgIpc) is 2.67. The molecule has 2 fully saturated rings. The molecule has 2 saturated heterocycles. The molecule has 0 bridgehead atoms. The number of likely N-dealkylation sites (tertiary alicyclic amines) is 1. The Labute approximate surface area is 161 Å². The van der Waals surface area contributed by atoms with Crippen molar-refractivity contribution >= 4 is 11.8 Å². The molecule has 1 N–H and O–H groups in total. The molecule has 6 heteroatoms. The smallest absolute Gasteiger partial charge is 0.251 e. The summed E-state index contributed by atoms with van der Waals surface area (Å²) >= 11 is 0. The van der Waals surface area contributed by atoms with Crippen molar-refractivity contribution in [1.29, 1.82) is 0 Å². The minimum atomic E-state index is -0.131. The van der Waals surface area contributed by atoms with E-state index in [2.05, 4.69) is 10.2 Å². The summed E-state index contributed by atoms with van der Waals surface area (Å²) in [7, 11) is 0. The van der Waals surface area contributed by atoms with E-state index in [1.807, 2.05) is 56.0 Å². The van der Waals surface area contributed by atoms with Crippen LogP contribution in [0.15, 0.2) is 30.3 Å². The Bertz CT molecular complexity index is 633. The Morgan fingerprint density at radius 2 is 1.67 bits per heavy atom. The summed E-state index contributed by atoms with van der Waals surface area (Å²) in [4.78, 5) is 29.4. The highest BCUT2D eigenvalue weighted by molar-refractivity contribution is 5.94. The SMILES string of the molecule is CC1CN(C(=O)C(C)N2CCC(NC(=O)c3ccccc3)CC2)CC(C)O1. The molecule has 2 heterocycles. The molecule has 2 aliphatic heterocycles. The average molecular weight is 373 g/mol. The number of morpholine rings is 1. The van der Waals surface area contributed by atoms with Gasteiger partial charge in [-0.2, -0.15) is 0 Å². The van der Waals surface area contributed by atoms with Crippen molar-refractivity contribution < 1.29 is 14.3 Å². The lowest BCUT2D eigenvalue weighted by atomic mass is 10.0. The monoisotopic (exact) mass is 373 g/mol. The standard InChI is InChI=1S/C21H31N3O3/c1-15-13-24(14-16(2)27-15)21(26)17(3)23-11-9-19(10-12-23)22-20(25)18-7-5-4-6-8-18/h4-8,15-17,19H,9-14H2,1-3H3,(H,22,25). The van der Waals surface area contributed by atoms with Crippen LogP contribution in [0, 0.1) is 0 Å². The molecule has 1 aromatic rings. The van der Waals surface area contributed by atoms with Gasteiger partial charge in [-0.15, -0.1) is 0 Å². The summed E-state index contributed by atoms with van der Waals surface area (Å²) in [5, 5.41) is 3.12. The van der Waals surface area contributed by atoms with Gasteiger partial charge in [0.05, 0.1) is 18.2 Å². The number of nitrogens with one attached hydrogen (secondary N) is 1.